The summed E-state index contributed by atoms with van der Waals surface area (Å²) in [6, 6.07) is 0. The summed E-state index contributed by atoms with van der Waals surface area (Å²) in [5.74, 6) is 0. The zero-order chi connectivity index (χ0) is 32.1. The zero-order valence-corrected chi connectivity index (χ0v) is 31.0. The van der Waals surface area contributed by atoms with E-state index in [0.717, 1.165) is 17.1 Å². The van der Waals surface area contributed by atoms with Gasteiger partial charge in [-0.3, -0.25) is 0 Å². The molecule has 6 nitrogen and oxygen atoms in total. The second-order valence-electron chi connectivity index (χ2n) is 18.7. The van der Waals surface area contributed by atoms with E-state index < -0.39 is 20.3 Å². The molecular formula is C34H57N6Ti. The summed E-state index contributed by atoms with van der Waals surface area (Å²) in [4.78, 5) is 0. The Morgan fingerprint density at radius 3 is 0.732 bits per heavy atom. The third-order valence-corrected chi connectivity index (χ3v) is 11.2. The van der Waals surface area contributed by atoms with Crippen LogP contribution in [0.3, 0.4) is 0 Å². The number of hydrogen-bond donors (Lipinski definition) is 0. The van der Waals surface area contributed by atoms with Gasteiger partial charge in [-0.05, 0) is 0 Å². The van der Waals surface area contributed by atoms with Crippen LogP contribution in [0.15, 0.2) is 66.0 Å². The van der Waals surface area contributed by atoms with Crippen molar-refractivity contribution in [2.24, 2.45) is 63.2 Å². The van der Waals surface area contributed by atoms with Crippen molar-refractivity contribution in [2.45, 2.75) is 145 Å². The Morgan fingerprint density at radius 2 is 0.610 bits per heavy atom. The molecule has 227 valence electrons. The third kappa shape index (κ3) is 4.86. The van der Waals surface area contributed by atoms with Crippen molar-refractivity contribution >= 4 is 0 Å². The van der Waals surface area contributed by atoms with Gasteiger partial charge in [-0.15, -0.1) is 0 Å². The second-order valence-corrected chi connectivity index (χ2v) is 19.9. The molecule has 3 atom stereocenters. The molecule has 0 bridgehead atoms. The van der Waals surface area contributed by atoms with Crippen LogP contribution in [0.4, 0.5) is 0 Å². The molecule has 0 amide bonds. The predicted octanol–water partition coefficient (Wildman–Crippen LogP) is 11.2. The van der Waals surface area contributed by atoms with E-state index in [1.165, 1.54) is 0 Å². The van der Waals surface area contributed by atoms with E-state index in [-0.39, 0.29) is 32.5 Å². The van der Waals surface area contributed by atoms with Crippen molar-refractivity contribution < 1.29 is 20.4 Å². The molecule has 0 aromatic heterocycles. The third-order valence-electron chi connectivity index (χ3n) is 9.43. The van der Waals surface area contributed by atoms with Crippen molar-refractivity contribution in [1.82, 2.24) is 0 Å². The molecule has 0 saturated heterocycles. The summed E-state index contributed by atoms with van der Waals surface area (Å²) in [5, 5.41) is 31.2. The number of nitrogens with zero attached hydrogens (tertiary/aromatic N) is 6. The van der Waals surface area contributed by atoms with Crippen LogP contribution in [0.25, 0.3) is 0 Å². The molecule has 0 aromatic rings. The Hall–Kier alpha value is -1.27. The summed E-state index contributed by atoms with van der Waals surface area (Å²) in [6.07, 6.45) is 7.10. The van der Waals surface area contributed by atoms with E-state index in [1.54, 1.807) is 0 Å². The van der Waals surface area contributed by atoms with Gasteiger partial charge in [0.05, 0.1) is 0 Å². The Bertz CT molecular complexity index is 1100. The van der Waals surface area contributed by atoms with Gasteiger partial charge in [0.2, 0.25) is 0 Å². The molecule has 0 saturated carbocycles. The molecule has 0 aliphatic carbocycles. The van der Waals surface area contributed by atoms with Crippen molar-refractivity contribution in [1.29, 1.82) is 0 Å². The van der Waals surface area contributed by atoms with Gasteiger partial charge in [-0.2, -0.15) is 0 Å². The van der Waals surface area contributed by atoms with Crippen LogP contribution in [-0.2, 0) is 20.4 Å². The van der Waals surface area contributed by atoms with Crippen LogP contribution in [0.5, 0.6) is 0 Å². The fourth-order valence-corrected chi connectivity index (χ4v) is 8.80. The maximum absolute atomic E-state index is 5.41. The van der Waals surface area contributed by atoms with Crippen LogP contribution < -0.4 is 0 Å². The van der Waals surface area contributed by atoms with Gasteiger partial charge in [0.25, 0.3) is 0 Å². The SMILES string of the molecule is CC(C)(C)C1=CC(C(C)(C)C)([C]([Ti])(C2(C(C)(C)C)C=C(C(C)(C)C)N=N2)C2(C(C)(C)C)C=C(C(C)(C)C)N=N2)N=N1. The number of azo groups is 3. The molecule has 41 heavy (non-hydrogen) atoms. The van der Waals surface area contributed by atoms with E-state index in [4.69, 9.17) is 30.7 Å². The molecule has 3 aliphatic rings. The Labute approximate surface area is 263 Å². The number of rotatable bonds is 3. The molecule has 0 spiro atoms. The standard InChI is InChI=1S/C34H57N6.Ti/c1-26(2,3)22-19-32(38-35-22,29(10,11)12)25(33(30(13,14)15)20-23(36-39-33)27(4,5)6)34(31(16,17)18)21-24(37-40-34)28(7,8)9;/h19-21H,1-18H3;. The van der Waals surface area contributed by atoms with E-state index in [0.29, 0.717) is 0 Å². The summed E-state index contributed by atoms with van der Waals surface area (Å²) in [6.45, 7) is 40.6. The van der Waals surface area contributed by atoms with Crippen molar-refractivity contribution in [3.05, 3.63) is 35.3 Å². The first-order valence-electron chi connectivity index (χ1n) is 15.2. The van der Waals surface area contributed by atoms with Crippen LogP contribution in [0.2, 0.25) is 3.72 Å². The Kier molecular flexibility index (Phi) is 7.82. The molecule has 0 N–H and O–H groups in total. The van der Waals surface area contributed by atoms with Crippen molar-refractivity contribution in [2.75, 3.05) is 0 Å². The molecule has 3 aliphatic heterocycles. The number of hydrogen-bond acceptors (Lipinski definition) is 6. The zero-order valence-electron chi connectivity index (χ0n) is 29.4. The van der Waals surface area contributed by atoms with E-state index in [1.807, 2.05) is 0 Å². The maximum atomic E-state index is 5.41. The quantitative estimate of drug-likeness (QED) is 0.290. The minimum atomic E-state index is -0.797. The van der Waals surface area contributed by atoms with Crippen molar-refractivity contribution in [3.63, 3.8) is 0 Å². The fraction of sp³-hybridized carbons (Fsp3) is 0.824. The Balaban J connectivity index is 2.73. The normalized spacial score (nSPS) is 30.9. The van der Waals surface area contributed by atoms with Crippen LogP contribution in [0, 0.1) is 32.5 Å². The van der Waals surface area contributed by atoms with E-state index in [2.05, 4.69) is 163 Å². The predicted molar refractivity (Wildman–Crippen MR) is 166 cm³/mol. The monoisotopic (exact) mass is 597 g/mol. The molecule has 7 heteroatoms. The van der Waals surface area contributed by atoms with Gasteiger partial charge in [0.1, 0.15) is 0 Å². The molecule has 0 aromatic carbocycles. The second kappa shape index (κ2) is 9.37. The minimum absolute atomic E-state index is 0.172. The van der Waals surface area contributed by atoms with Gasteiger partial charge in [-0.1, -0.05) is 0 Å². The average Bonchev–Trinajstić information content (AvgIpc) is 3.48. The number of allylic oxidation sites excluding steroid dienone is 3. The molecule has 0 radical (unpaired) electrons. The van der Waals surface area contributed by atoms with E-state index in [9.17, 15) is 0 Å². The summed E-state index contributed by atoms with van der Waals surface area (Å²) in [5.41, 5.74) is -0.968. The van der Waals surface area contributed by atoms with Gasteiger partial charge in [-0.25, -0.2) is 0 Å². The average molecular weight is 598 g/mol. The summed E-state index contributed by atoms with van der Waals surface area (Å²) in [7, 11) is 0. The first-order valence-corrected chi connectivity index (χ1v) is 16.0. The van der Waals surface area contributed by atoms with Gasteiger partial charge in [0, 0.05) is 0 Å². The fourth-order valence-electron chi connectivity index (χ4n) is 6.47. The summed E-state index contributed by atoms with van der Waals surface area (Å²) >= 11 is 2.37. The van der Waals surface area contributed by atoms with Gasteiger partial charge >= 0.3 is 264 Å². The van der Waals surface area contributed by atoms with Crippen LogP contribution in [0.1, 0.15) is 125 Å². The first-order chi connectivity index (χ1) is 17.9. The molecule has 3 rings (SSSR count). The van der Waals surface area contributed by atoms with Gasteiger partial charge < -0.3 is 0 Å². The van der Waals surface area contributed by atoms with Gasteiger partial charge in [0.15, 0.2) is 0 Å². The van der Waals surface area contributed by atoms with Crippen LogP contribution >= 0.6 is 0 Å². The molecular weight excluding hydrogens is 540 g/mol. The first kappa shape index (κ1) is 34.2. The topological polar surface area (TPSA) is 74.2 Å². The van der Waals surface area contributed by atoms with Crippen molar-refractivity contribution in [3.8, 4) is 0 Å². The Morgan fingerprint density at radius 1 is 0.415 bits per heavy atom. The van der Waals surface area contributed by atoms with Crippen LogP contribution in [-0.4, -0.2) is 16.6 Å². The molecule has 0 fully saturated rings. The van der Waals surface area contributed by atoms with E-state index >= 15 is 0 Å². The molecule has 3 unspecified atom stereocenters. The summed E-state index contributed by atoms with van der Waals surface area (Å²) < 4.78 is -0.786. The molecule has 3 heterocycles.